The topological polar surface area (TPSA) is 59.2 Å². The second-order valence-corrected chi connectivity index (χ2v) is 6.64. The number of methoxy groups -OCH3 is 1. The van der Waals surface area contributed by atoms with Crippen LogP contribution in [-0.2, 0) is 15.5 Å². The van der Waals surface area contributed by atoms with Crippen LogP contribution in [0.3, 0.4) is 0 Å². The summed E-state index contributed by atoms with van der Waals surface area (Å²) in [6, 6.07) is 7.56. The molecule has 92 valence electrons. The number of aromatic nitrogens is 1. The van der Waals surface area contributed by atoms with E-state index in [1.54, 1.807) is 7.11 Å². The summed E-state index contributed by atoms with van der Waals surface area (Å²) >= 11 is 0. The lowest BCUT2D eigenvalue weighted by Gasteiger charge is -1.97. The van der Waals surface area contributed by atoms with Crippen LogP contribution in [0.25, 0.3) is 10.9 Å². The summed E-state index contributed by atoms with van der Waals surface area (Å²) < 4.78 is 26.8. The molecule has 0 aliphatic carbocycles. The molecule has 0 amide bonds. The number of aromatic amines is 1. The van der Waals surface area contributed by atoms with Crippen LogP contribution in [0.4, 0.5) is 0 Å². The summed E-state index contributed by atoms with van der Waals surface area (Å²) in [5.74, 6) is 0.689. The predicted molar refractivity (Wildman–Crippen MR) is 68.2 cm³/mol. The van der Waals surface area contributed by atoms with Crippen molar-refractivity contribution in [3.05, 3.63) is 30.0 Å². The van der Waals surface area contributed by atoms with Gasteiger partial charge >= 0.3 is 0 Å². The molecule has 17 heavy (non-hydrogen) atoms. The van der Waals surface area contributed by atoms with Gasteiger partial charge < -0.3 is 9.72 Å². The molecule has 0 radical (unpaired) electrons. The van der Waals surface area contributed by atoms with E-state index in [0.29, 0.717) is 6.42 Å². The number of ether oxygens (including phenoxy) is 1. The summed E-state index contributed by atoms with van der Waals surface area (Å²) in [5.41, 5.74) is 1.77. The van der Waals surface area contributed by atoms with E-state index < -0.39 is 9.05 Å². The molecule has 1 aromatic heterocycles. The number of aryl methyl sites for hydroxylation is 1. The molecule has 0 unspecified atom stereocenters. The molecular weight excluding hydrogens is 262 g/mol. The molecule has 0 saturated carbocycles. The number of fused-ring (bicyclic) bond motifs is 1. The molecule has 0 atom stereocenters. The van der Waals surface area contributed by atoms with E-state index in [9.17, 15) is 8.42 Å². The zero-order valence-electron chi connectivity index (χ0n) is 9.23. The molecule has 2 rings (SSSR count). The van der Waals surface area contributed by atoms with Crippen molar-refractivity contribution in [3.8, 4) is 5.75 Å². The van der Waals surface area contributed by atoms with E-state index in [0.717, 1.165) is 22.3 Å². The Labute approximate surface area is 104 Å². The predicted octanol–water partition coefficient (Wildman–Crippen LogP) is 2.29. The third kappa shape index (κ3) is 3.14. The molecule has 0 saturated heterocycles. The summed E-state index contributed by atoms with van der Waals surface area (Å²) in [6.45, 7) is 0. The monoisotopic (exact) mass is 273 g/mol. The molecular formula is C11H12ClNO3S. The van der Waals surface area contributed by atoms with Crippen molar-refractivity contribution in [2.24, 2.45) is 0 Å². The summed E-state index contributed by atoms with van der Waals surface area (Å²) in [5, 5.41) is 1.02. The highest BCUT2D eigenvalue weighted by atomic mass is 35.7. The second-order valence-electron chi connectivity index (χ2n) is 3.74. The van der Waals surface area contributed by atoms with Crippen molar-refractivity contribution in [3.63, 3.8) is 0 Å². The number of rotatable bonds is 4. The molecule has 1 aromatic carbocycles. The maximum Gasteiger partial charge on any atom is 0.232 e. The van der Waals surface area contributed by atoms with Crippen molar-refractivity contribution >= 4 is 30.6 Å². The first-order valence-corrected chi connectivity index (χ1v) is 7.54. The minimum Gasteiger partial charge on any atom is -0.497 e. The average Bonchev–Trinajstić information content (AvgIpc) is 2.66. The van der Waals surface area contributed by atoms with Gasteiger partial charge in [0.05, 0.1) is 12.9 Å². The van der Waals surface area contributed by atoms with E-state index in [4.69, 9.17) is 15.4 Å². The van der Waals surface area contributed by atoms with Crippen LogP contribution in [0.2, 0.25) is 0 Å². The third-order valence-corrected chi connectivity index (χ3v) is 3.66. The van der Waals surface area contributed by atoms with E-state index in [-0.39, 0.29) is 5.75 Å². The highest BCUT2D eigenvalue weighted by Crippen LogP contribution is 2.21. The number of H-pyrrole nitrogens is 1. The Morgan fingerprint density at radius 2 is 2.12 bits per heavy atom. The van der Waals surface area contributed by atoms with Gasteiger partial charge in [-0.05, 0) is 23.6 Å². The fraction of sp³-hybridized carbons (Fsp3) is 0.273. The van der Waals surface area contributed by atoms with Gasteiger partial charge in [0.1, 0.15) is 5.75 Å². The number of hydrogen-bond acceptors (Lipinski definition) is 3. The fourth-order valence-electron chi connectivity index (χ4n) is 1.66. The van der Waals surface area contributed by atoms with Gasteiger partial charge in [-0.1, -0.05) is 0 Å². The lowest BCUT2D eigenvalue weighted by Crippen LogP contribution is -2.00. The lowest BCUT2D eigenvalue weighted by molar-refractivity contribution is 0.415. The van der Waals surface area contributed by atoms with E-state index >= 15 is 0 Å². The fourth-order valence-corrected chi connectivity index (χ4v) is 2.35. The Balaban J connectivity index is 2.25. The van der Waals surface area contributed by atoms with Crippen molar-refractivity contribution in [1.29, 1.82) is 0 Å². The van der Waals surface area contributed by atoms with Gasteiger partial charge in [-0.25, -0.2) is 8.42 Å². The van der Waals surface area contributed by atoms with Crippen LogP contribution < -0.4 is 4.74 Å². The van der Waals surface area contributed by atoms with Crippen LogP contribution in [0.1, 0.15) is 5.69 Å². The largest absolute Gasteiger partial charge is 0.497 e. The Bertz CT molecular complexity index is 633. The highest BCUT2D eigenvalue weighted by molar-refractivity contribution is 8.13. The Hall–Kier alpha value is -1.20. The number of hydrogen-bond donors (Lipinski definition) is 1. The Morgan fingerprint density at radius 3 is 2.76 bits per heavy atom. The minimum absolute atomic E-state index is 0.0709. The van der Waals surface area contributed by atoms with Gasteiger partial charge in [-0.2, -0.15) is 0 Å². The van der Waals surface area contributed by atoms with Crippen molar-refractivity contribution in [2.75, 3.05) is 12.9 Å². The zero-order valence-corrected chi connectivity index (χ0v) is 10.8. The van der Waals surface area contributed by atoms with Gasteiger partial charge in [0.2, 0.25) is 9.05 Å². The highest BCUT2D eigenvalue weighted by Gasteiger charge is 2.08. The molecule has 0 aliphatic rings. The van der Waals surface area contributed by atoms with Gasteiger partial charge in [0, 0.05) is 34.4 Å². The van der Waals surface area contributed by atoms with Gasteiger partial charge in [-0.15, -0.1) is 0 Å². The first kappa shape index (κ1) is 12.3. The molecule has 0 bridgehead atoms. The van der Waals surface area contributed by atoms with Crippen LogP contribution >= 0.6 is 10.7 Å². The van der Waals surface area contributed by atoms with Gasteiger partial charge in [0.15, 0.2) is 0 Å². The van der Waals surface area contributed by atoms with Crippen LogP contribution in [0.15, 0.2) is 24.3 Å². The first-order valence-electron chi connectivity index (χ1n) is 5.06. The van der Waals surface area contributed by atoms with E-state index in [1.807, 2.05) is 24.3 Å². The first-order chi connectivity index (χ1) is 7.98. The maximum absolute atomic E-state index is 10.9. The molecule has 1 heterocycles. The minimum atomic E-state index is -3.45. The summed E-state index contributed by atoms with van der Waals surface area (Å²) in [6.07, 6.45) is 0.378. The maximum atomic E-state index is 10.9. The molecule has 4 nitrogen and oxygen atoms in total. The molecule has 0 aliphatic heterocycles. The standard InChI is InChI=1S/C11H12ClNO3S/c1-16-10-3-2-8-6-9(13-11(8)7-10)4-5-17(12,14)15/h2-3,6-7,13H,4-5H2,1H3. The number of benzene rings is 1. The van der Waals surface area contributed by atoms with Crippen LogP contribution in [0.5, 0.6) is 5.75 Å². The van der Waals surface area contributed by atoms with E-state index in [2.05, 4.69) is 4.98 Å². The SMILES string of the molecule is COc1ccc2cc(CCS(=O)(=O)Cl)[nH]c2c1. The summed E-state index contributed by atoms with van der Waals surface area (Å²) in [4.78, 5) is 3.14. The number of halogens is 1. The van der Waals surface area contributed by atoms with Gasteiger partial charge in [0.25, 0.3) is 0 Å². The van der Waals surface area contributed by atoms with Gasteiger partial charge in [-0.3, -0.25) is 0 Å². The molecule has 1 N–H and O–H groups in total. The summed E-state index contributed by atoms with van der Waals surface area (Å²) in [7, 11) is 3.32. The van der Waals surface area contributed by atoms with Crippen LogP contribution in [0, 0.1) is 0 Å². The molecule has 2 aromatic rings. The normalized spacial score (nSPS) is 11.9. The van der Waals surface area contributed by atoms with Crippen molar-refractivity contribution in [1.82, 2.24) is 4.98 Å². The van der Waals surface area contributed by atoms with E-state index in [1.165, 1.54) is 0 Å². The lowest BCUT2D eigenvalue weighted by atomic mass is 10.2. The molecule has 0 spiro atoms. The quantitative estimate of drug-likeness (QED) is 0.870. The van der Waals surface area contributed by atoms with Crippen molar-refractivity contribution in [2.45, 2.75) is 6.42 Å². The Kier molecular flexibility index (Phi) is 3.31. The molecule has 0 fully saturated rings. The second kappa shape index (κ2) is 4.58. The van der Waals surface area contributed by atoms with Crippen molar-refractivity contribution < 1.29 is 13.2 Å². The average molecular weight is 274 g/mol. The Morgan fingerprint density at radius 1 is 1.35 bits per heavy atom. The zero-order chi connectivity index (χ0) is 12.5. The van der Waals surface area contributed by atoms with Crippen LogP contribution in [-0.4, -0.2) is 26.3 Å². The number of nitrogens with one attached hydrogen (secondary N) is 1. The smallest absolute Gasteiger partial charge is 0.232 e. The third-order valence-electron chi connectivity index (χ3n) is 2.50. The molecule has 6 heteroatoms.